The van der Waals surface area contributed by atoms with E-state index in [-0.39, 0.29) is 6.04 Å². The van der Waals surface area contributed by atoms with E-state index >= 15 is 0 Å². The number of thioether (sulfide) groups is 1. The molecule has 0 aromatic heterocycles. The predicted molar refractivity (Wildman–Crippen MR) is 72.8 cm³/mol. The minimum atomic E-state index is -4.16. The zero-order valence-corrected chi connectivity index (χ0v) is 11.8. The second-order valence-corrected chi connectivity index (χ2v) is 5.12. The number of hydrogen-bond donors (Lipinski definition) is 1. The van der Waals surface area contributed by atoms with Crippen LogP contribution in [-0.4, -0.2) is 31.7 Å². The van der Waals surface area contributed by atoms with Crippen molar-refractivity contribution in [3.05, 3.63) is 24.3 Å². The van der Waals surface area contributed by atoms with Crippen LogP contribution in [0.3, 0.4) is 0 Å². The number of nitrogens with one attached hydrogen (secondary N) is 1. The average Bonchev–Trinajstić information content (AvgIpc) is 2.36. The van der Waals surface area contributed by atoms with E-state index in [1.54, 1.807) is 31.4 Å². The number of para-hydroxylation sites is 1. The van der Waals surface area contributed by atoms with Crippen LogP contribution < -0.4 is 5.32 Å². The molecule has 0 bridgehead atoms. The second-order valence-electron chi connectivity index (χ2n) is 4.10. The second kappa shape index (κ2) is 7.65. The molecule has 0 aliphatic rings. The lowest BCUT2D eigenvalue weighted by atomic mass is 10.2. The van der Waals surface area contributed by atoms with Crippen molar-refractivity contribution in [2.45, 2.75) is 30.5 Å². The summed E-state index contributed by atoms with van der Waals surface area (Å²) in [5.41, 5.74) is 0.723. The van der Waals surface area contributed by atoms with Gasteiger partial charge >= 0.3 is 6.18 Å². The lowest BCUT2D eigenvalue weighted by molar-refractivity contribution is -0.105. The largest absolute Gasteiger partial charge is 0.398 e. The Morgan fingerprint density at radius 1 is 1.32 bits per heavy atom. The van der Waals surface area contributed by atoms with Gasteiger partial charge in [0.1, 0.15) is 0 Å². The normalized spacial score (nSPS) is 13.3. The van der Waals surface area contributed by atoms with Crippen LogP contribution in [0.1, 0.15) is 13.3 Å². The van der Waals surface area contributed by atoms with Crippen molar-refractivity contribution in [1.29, 1.82) is 0 Å². The summed E-state index contributed by atoms with van der Waals surface area (Å²) in [6, 6.07) is 7.12. The van der Waals surface area contributed by atoms with Crippen molar-refractivity contribution in [2.75, 3.05) is 24.8 Å². The van der Waals surface area contributed by atoms with Crippen LogP contribution in [0.4, 0.5) is 18.9 Å². The molecular formula is C13H18F3NOS. The third-order valence-corrected chi connectivity index (χ3v) is 3.64. The number of hydrogen-bond acceptors (Lipinski definition) is 3. The molecule has 2 nitrogen and oxygen atoms in total. The minimum Gasteiger partial charge on any atom is -0.383 e. The highest BCUT2D eigenvalue weighted by Crippen LogP contribution is 2.32. The number of halogens is 3. The van der Waals surface area contributed by atoms with Crippen LogP contribution in [0.25, 0.3) is 0 Å². The lowest BCUT2D eigenvalue weighted by Crippen LogP contribution is -2.24. The maximum Gasteiger partial charge on any atom is 0.398 e. The van der Waals surface area contributed by atoms with Gasteiger partial charge in [0.15, 0.2) is 0 Å². The molecule has 1 aromatic rings. The van der Waals surface area contributed by atoms with Crippen molar-refractivity contribution in [2.24, 2.45) is 0 Å². The van der Waals surface area contributed by atoms with Crippen LogP contribution >= 0.6 is 11.8 Å². The molecule has 6 heteroatoms. The molecule has 1 atom stereocenters. The maximum absolute atomic E-state index is 12.3. The van der Waals surface area contributed by atoms with Gasteiger partial charge in [0.2, 0.25) is 0 Å². The summed E-state index contributed by atoms with van der Waals surface area (Å²) in [6.45, 7) is 2.52. The van der Waals surface area contributed by atoms with Gasteiger partial charge in [0, 0.05) is 23.7 Å². The van der Waals surface area contributed by atoms with E-state index in [0.29, 0.717) is 11.5 Å². The Morgan fingerprint density at radius 2 is 2.00 bits per heavy atom. The Kier molecular flexibility index (Phi) is 6.51. The summed E-state index contributed by atoms with van der Waals surface area (Å²) in [5.74, 6) is -0.882. The Hall–Kier alpha value is -0.880. The summed E-state index contributed by atoms with van der Waals surface area (Å²) in [6.07, 6.45) is -3.32. The molecule has 0 saturated carbocycles. The number of rotatable bonds is 7. The highest BCUT2D eigenvalue weighted by molar-refractivity contribution is 7.99. The van der Waals surface area contributed by atoms with E-state index in [2.05, 4.69) is 5.32 Å². The number of anilines is 1. The van der Waals surface area contributed by atoms with Crippen molar-refractivity contribution < 1.29 is 17.9 Å². The Bertz CT molecular complexity index is 384. The van der Waals surface area contributed by atoms with Crippen LogP contribution in [0.5, 0.6) is 0 Å². The molecule has 1 rings (SSSR count). The summed E-state index contributed by atoms with van der Waals surface area (Å²) in [5, 5.41) is 3.22. The van der Waals surface area contributed by atoms with Gasteiger partial charge in [-0.2, -0.15) is 13.2 Å². The van der Waals surface area contributed by atoms with Gasteiger partial charge in [-0.15, -0.1) is 11.8 Å². The summed E-state index contributed by atoms with van der Waals surface area (Å²) in [7, 11) is 1.61. The van der Waals surface area contributed by atoms with Crippen molar-refractivity contribution in [3.8, 4) is 0 Å². The Balaban J connectivity index is 2.72. The van der Waals surface area contributed by atoms with E-state index in [4.69, 9.17) is 4.74 Å². The molecule has 0 amide bonds. The first-order valence-corrected chi connectivity index (χ1v) is 6.99. The smallest absolute Gasteiger partial charge is 0.383 e. The van der Waals surface area contributed by atoms with Gasteiger partial charge in [-0.3, -0.25) is 0 Å². The minimum absolute atomic E-state index is 0.0950. The topological polar surface area (TPSA) is 21.3 Å². The van der Waals surface area contributed by atoms with Crippen LogP contribution in [0, 0.1) is 0 Å². The van der Waals surface area contributed by atoms with Gasteiger partial charge in [-0.05, 0) is 18.6 Å². The molecule has 108 valence electrons. The molecule has 0 fully saturated rings. The maximum atomic E-state index is 12.3. The van der Waals surface area contributed by atoms with E-state index in [1.165, 1.54) is 0 Å². The van der Waals surface area contributed by atoms with Gasteiger partial charge in [0.25, 0.3) is 0 Å². The molecule has 1 aromatic carbocycles. The summed E-state index contributed by atoms with van der Waals surface area (Å²) < 4.78 is 41.9. The van der Waals surface area contributed by atoms with Crippen LogP contribution in [0.15, 0.2) is 29.2 Å². The third-order valence-electron chi connectivity index (χ3n) is 2.50. The average molecular weight is 293 g/mol. The number of benzene rings is 1. The van der Waals surface area contributed by atoms with E-state index in [1.807, 2.05) is 6.92 Å². The molecule has 0 saturated heterocycles. The first-order chi connectivity index (χ1) is 8.96. The van der Waals surface area contributed by atoms with E-state index in [9.17, 15) is 13.2 Å². The van der Waals surface area contributed by atoms with E-state index in [0.717, 1.165) is 23.9 Å². The molecule has 0 heterocycles. The van der Waals surface area contributed by atoms with Crippen molar-refractivity contribution in [3.63, 3.8) is 0 Å². The Labute approximate surface area is 115 Å². The molecule has 1 unspecified atom stereocenters. The molecule has 0 spiro atoms. The fourth-order valence-electron chi connectivity index (χ4n) is 1.55. The Morgan fingerprint density at radius 3 is 2.58 bits per heavy atom. The zero-order chi connectivity index (χ0) is 14.3. The first-order valence-electron chi connectivity index (χ1n) is 6.00. The molecule has 0 aliphatic heterocycles. The number of methoxy groups -OCH3 is 1. The fraction of sp³-hybridized carbons (Fsp3) is 0.538. The summed E-state index contributed by atoms with van der Waals surface area (Å²) >= 11 is 0.796. The third kappa shape index (κ3) is 6.20. The lowest BCUT2D eigenvalue weighted by Gasteiger charge is -2.19. The van der Waals surface area contributed by atoms with Gasteiger partial charge in [0.05, 0.1) is 12.4 Å². The highest BCUT2D eigenvalue weighted by Gasteiger charge is 2.27. The van der Waals surface area contributed by atoms with Crippen LogP contribution in [0.2, 0.25) is 0 Å². The SMILES string of the molecule is CCC(COC)Nc1ccccc1SCC(F)(F)F. The summed E-state index contributed by atoms with van der Waals surface area (Å²) in [4.78, 5) is 0.606. The molecule has 1 N–H and O–H groups in total. The quantitative estimate of drug-likeness (QED) is 0.762. The van der Waals surface area contributed by atoms with Crippen molar-refractivity contribution >= 4 is 17.4 Å². The van der Waals surface area contributed by atoms with Gasteiger partial charge in [-0.25, -0.2) is 0 Å². The van der Waals surface area contributed by atoms with Crippen LogP contribution in [-0.2, 0) is 4.74 Å². The zero-order valence-electron chi connectivity index (χ0n) is 11.0. The molecule has 19 heavy (non-hydrogen) atoms. The van der Waals surface area contributed by atoms with Crippen molar-refractivity contribution in [1.82, 2.24) is 0 Å². The molecule has 0 radical (unpaired) electrons. The van der Waals surface area contributed by atoms with E-state index < -0.39 is 11.9 Å². The van der Waals surface area contributed by atoms with Gasteiger partial charge < -0.3 is 10.1 Å². The highest BCUT2D eigenvalue weighted by atomic mass is 32.2. The molecule has 0 aliphatic carbocycles. The van der Waals surface area contributed by atoms with Gasteiger partial charge in [-0.1, -0.05) is 19.1 Å². The fourth-order valence-corrected chi connectivity index (χ4v) is 2.33. The number of alkyl halides is 3. The number of ether oxygens (including phenoxy) is 1. The monoisotopic (exact) mass is 293 g/mol. The predicted octanol–water partition coefficient (Wildman–Crippen LogP) is 4.18. The first kappa shape index (κ1) is 16.2. The standard InChI is InChI=1S/C13H18F3NOS/c1-3-10(8-18-2)17-11-6-4-5-7-12(11)19-9-13(14,15)16/h4-7,10,17H,3,8-9H2,1-2H3. The molecular weight excluding hydrogens is 275 g/mol.